The summed E-state index contributed by atoms with van der Waals surface area (Å²) >= 11 is 0. The molecule has 1 heterocycles. The molecule has 19 heavy (non-hydrogen) atoms. The van der Waals surface area contributed by atoms with Crippen LogP contribution in [0.1, 0.15) is 46.2 Å². The molecule has 1 aromatic rings. The Balaban J connectivity index is 3.85. The van der Waals surface area contributed by atoms with E-state index in [1.165, 1.54) is 6.08 Å². The predicted octanol–water partition coefficient (Wildman–Crippen LogP) is 0.910. The molecule has 6 nitrogen and oxygen atoms in total. The fourth-order valence-corrected chi connectivity index (χ4v) is 1.91. The van der Waals surface area contributed by atoms with Gasteiger partial charge in [0.25, 0.3) is 0 Å². The number of hydrogen-bond donors (Lipinski definition) is 0. The Morgan fingerprint density at radius 2 is 1.58 bits per heavy atom. The molecule has 0 N–H and O–H groups in total. The second-order valence-corrected chi connectivity index (χ2v) is 4.84. The zero-order valence-electron chi connectivity index (χ0n) is 11.9. The van der Waals surface area contributed by atoms with Gasteiger partial charge in [0.2, 0.25) is 0 Å². The monoisotopic (exact) mass is 267 g/mol. The quantitative estimate of drug-likeness (QED) is 0.745. The molecule has 0 aromatic carbocycles. The van der Waals surface area contributed by atoms with Crippen molar-refractivity contribution in [3.63, 3.8) is 0 Å². The van der Waals surface area contributed by atoms with Gasteiger partial charge in [-0.15, -0.1) is 6.58 Å². The molecular weight excluding hydrogens is 246 g/mol. The van der Waals surface area contributed by atoms with Crippen molar-refractivity contribution in [1.82, 2.24) is 13.7 Å². The smallest absolute Gasteiger partial charge is 0.247 e. The third-order valence-corrected chi connectivity index (χ3v) is 3.15. The maximum atomic E-state index is 12.3. The largest absolute Gasteiger partial charge is 0.336 e. The molecule has 0 bridgehead atoms. The van der Waals surface area contributed by atoms with Gasteiger partial charge in [0, 0.05) is 12.1 Å². The molecule has 0 fully saturated rings. The summed E-state index contributed by atoms with van der Waals surface area (Å²) in [5, 5.41) is 0. The summed E-state index contributed by atoms with van der Waals surface area (Å²) in [5.41, 5.74) is -1.69. The summed E-state index contributed by atoms with van der Waals surface area (Å²) < 4.78 is 3.29. The Hall–Kier alpha value is -1.85. The molecule has 1 aromatic heterocycles. The lowest BCUT2D eigenvalue weighted by Gasteiger charge is -2.18. The Morgan fingerprint density at radius 1 is 1.05 bits per heavy atom. The first-order chi connectivity index (χ1) is 8.86. The van der Waals surface area contributed by atoms with Crippen molar-refractivity contribution in [2.75, 3.05) is 0 Å². The SMILES string of the molecule is C=CCn1c(=O)n(C(C)C)c(=O)n(C(C)CC)c1=O. The Labute approximate surface area is 111 Å². The van der Waals surface area contributed by atoms with Gasteiger partial charge in [-0.05, 0) is 27.2 Å². The van der Waals surface area contributed by atoms with E-state index >= 15 is 0 Å². The van der Waals surface area contributed by atoms with E-state index in [1.54, 1.807) is 20.8 Å². The second-order valence-electron chi connectivity index (χ2n) is 4.84. The minimum absolute atomic E-state index is 0.0983. The summed E-state index contributed by atoms with van der Waals surface area (Å²) in [5.74, 6) is 0. The van der Waals surface area contributed by atoms with Crippen LogP contribution in [0.4, 0.5) is 0 Å². The highest BCUT2D eigenvalue weighted by atomic mass is 16.2. The van der Waals surface area contributed by atoms with Crippen molar-refractivity contribution in [1.29, 1.82) is 0 Å². The minimum atomic E-state index is -0.579. The minimum Gasteiger partial charge on any atom is -0.247 e. The van der Waals surface area contributed by atoms with Crippen LogP contribution in [0.25, 0.3) is 0 Å². The van der Waals surface area contributed by atoms with E-state index in [9.17, 15) is 14.4 Å². The first-order valence-electron chi connectivity index (χ1n) is 6.45. The van der Waals surface area contributed by atoms with Crippen molar-refractivity contribution in [2.45, 2.75) is 52.7 Å². The van der Waals surface area contributed by atoms with Crippen LogP contribution in [0.5, 0.6) is 0 Å². The Kier molecular flexibility index (Phi) is 4.69. The highest BCUT2D eigenvalue weighted by Gasteiger charge is 2.19. The van der Waals surface area contributed by atoms with Crippen molar-refractivity contribution < 1.29 is 0 Å². The van der Waals surface area contributed by atoms with Gasteiger partial charge in [0.15, 0.2) is 0 Å². The van der Waals surface area contributed by atoms with Crippen LogP contribution in [0.3, 0.4) is 0 Å². The van der Waals surface area contributed by atoms with E-state index < -0.39 is 17.1 Å². The van der Waals surface area contributed by atoms with Crippen molar-refractivity contribution in [2.24, 2.45) is 0 Å². The van der Waals surface area contributed by atoms with Crippen LogP contribution in [-0.2, 0) is 6.54 Å². The summed E-state index contributed by atoms with van der Waals surface area (Å²) in [6, 6.07) is -0.548. The maximum absolute atomic E-state index is 12.3. The van der Waals surface area contributed by atoms with Gasteiger partial charge >= 0.3 is 17.1 Å². The van der Waals surface area contributed by atoms with Gasteiger partial charge in [-0.2, -0.15) is 0 Å². The fourth-order valence-electron chi connectivity index (χ4n) is 1.91. The molecule has 1 unspecified atom stereocenters. The maximum Gasteiger partial charge on any atom is 0.336 e. The van der Waals surface area contributed by atoms with Crippen molar-refractivity contribution >= 4 is 0 Å². The predicted molar refractivity (Wildman–Crippen MR) is 74.8 cm³/mol. The number of rotatable bonds is 5. The number of aromatic nitrogens is 3. The number of allylic oxidation sites excluding steroid dienone is 1. The molecule has 0 spiro atoms. The fraction of sp³-hybridized carbons (Fsp3) is 0.615. The van der Waals surface area contributed by atoms with E-state index in [4.69, 9.17) is 0 Å². The van der Waals surface area contributed by atoms with E-state index in [2.05, 4.69) is 6.58 Å². The molecular formula is C13H21N3O3. The van der Waals surface area contributed by atoms with Crippen LogP contribution in [-0.4, -0.2) is 13.7 Å². The van der Waals surface area contributed by atoms with Crippen LogP contribution >= 0.6 is 0 Å². The molecule has 1 atom stereocenters. The van der Waals surface area contributed by atoms with Crippen molar-refractivity contribution in [3.05, 3.63) is 44.1 Å². The standard InChI is InChI=1S/C13H21N3O3/c1-6-8-14-11(17)15(9(3)4)13(19)16(12(14)18)10(5)7-2/h6,9-10H,1,7-8H2,2-5H3. The topological polar surface area (TPSA) is 66.0 Å². The van der Waals surface area contributed by atoms with Crippen LogP contribution in [0.2, 0.25) is 0 Å². The average Bonchev–Trinajstić information content (AvgIpc) is 2.33. The van der Waals surface area contributed by atoms with Gasteiger partial charge in [0.05, 0.1) is 6.54 Å². The summed E-state index contributed by atoms with van der Waals surface area (Å²) in [6.45, 7) is 10.8. The van der Waals surface area contributed by atoms with Gasteiger partial charge in [-0.3, -0.25) is 0 Å². The lowest BCUT2D eigenvalue weighted by Crippen LogP contribution is -2.55. The average molecular weight is 267 g/mol. The molecule has 0 saturated carbocycles. The summed E-state index contributed by atoms with van der Waals surface area (Å²) in [6.07, 6.45) is 2.11. The molecule has 6 heteroatoms. The van der Waals surface area contributed by atoms with E-state index in [0.717, 1.165) is 13.7 Å². The van der Waals surface area contributed by atoms with Gasteiger partial charge < -0.3 is 0 Å². The molecule has 0 aliphatic heterocycles. The number of nitrogens with zero attached hydrogens (tertiary/aromatic N) is 3. The third kappa shape index (κ3) is 2.62. The third-order valence-electron chi connectivity index (χ3n) is 3.15. The lowest BCUT2D eigenvalue weighted by molar-refractivity contribution is 0.388. The lowest BCUT2D eigenvalue weighted by atomic mass is 10.2. The van der Waals surface area contributed by atoms with E-state index in [-0.39, 0.29) is 18.6 Å². The van der Waals surface area contributed by atoms with Gasteiger partial charge in [0.1, 0.15) is 0 Å². The molecule has 0 aliphatic rings. The van der Waals surface area contributed by atoms with Gasteiger partial charge in [-0.1, -0.05) is 13.0 Å². The van der Waals surface area contributed by atoms with Crippen LogP contribution in [0, 0.1) is 0 Å². The second kappa shape index (κ2) is 5.86. The molecule has 106 valence electrons. The zero-order chi connectivity index (χ0) is 14.7. The summed E-state index contributed by atoms with van der Waals surface area (Å²) in [4.78, 5) is 36.7. The van der Waals surface area contributed by atoms with E-state index in [0.29, 0.717) is 6.42 Å². The van der Waals surface area contributed by atoms with Gasteiger partial charge in [-0.25, -0.2) is 28.1 Å². The Bertz CT molecular complexity index is 634. The first-order valence-corrected chi connectivity index (χ1v) is 6.45. The zero-order valence-corrected chi connectivity index (χ0v) is 11.9. The van der Waals surface area contributed by atoms with Crippen LogP contribution < -0.4 is 17.1 Å². The van der Waals surface area contributed by atoms with E-state index in [1.807, 2.05) is 6.92 Å². The normalized spacial score (nSPS) is 12.7. The van der Waals surface area contributed by atoms with Crippen LogP contribution in [0.15, 0.2) is 27.0 Å². The molecule has 0 amide bonds. The number of hydrogen-bond acceptors (Lipinski definition) is 3. The van der Waals surface area contributed by atoms with Crippen molar-refractivity contribution in [3.8, 4) is 0 Å². The Morgan fingerprint density at radius 3 is 2.00 bits per heavy atom. The highest BCUT2D eigenvalue weighted by molar-refractivity contribution is 4.85. The molecule has 0 radical (unpaired) electrons. The first kappa shape index (κ1) is 15.2. The molecule has 1 rings (SSSR count). The highest BCUT2D eigenvalue weighted by Crippen LogP contribution is 2.03. The molecule has 0 aliphatic carbocycles. The summed E-state index contributed by atoms with van der Waals surface area (Å²) in [7, 11) is 0. The molecule has 0 saturated heterocycles.